The molecule has 5 heteroatoms. The van der Waals surface area contributed by atoms with Crippen LogP contribution in [0.1, 0.15) is 39.5 Å². The van der Waals surface area contributed by atoms with Crippen LogP contribution in [0.5, 0.6) is 0 Å². The van der Waals surface area contributed by atoms with Gasteiger partial charge in [0.15, 0.2) is 0 Å². The molecule has 1 fully saturated rings. The van der Waals surface area contributed by atoms with Crippen LogP contribution in [0.2, 0.25) is 0 Å². The Morgan fingerprint density at radius 3 is 2.59 bits per heavy atom. The normalized spacial score (nSPS) is 22.6. The van der Waals surface area contributed by atoms with Crippen molar-refractivity contribution in [3.05, 3.63) is 0 Å². The molecule has 0 bridgehead atoms. The van der Waals surface area contributed by atoms with Gasteiger partial charge in [0.2, 0.25) is 5.91 Å². The minimum Gasteiger partial charge on any atom is -0.480 e. The number of carbonyl (C=O) groups is 2. The van der Waals surface area contributed by atoms with Gasteiger partial charge in [-0.1, -0.05) is 13.8 Å². The summed E-state index contributed by atoms with van der Waals surface area (Å²) < 4.78 is 0. The SMILES string of the molecule is CC(C)C[C@H](N)C(=O)N1CCCC[C@@H]1C(=O)O. The first-order chi connectivity index (χ1) is 7.93. The number of aliphatic carboxylic acids is 1. The number of hydrogen-bond donors (Lipinski definition) is 2. The van der Waals surface area contributed by atoms with Crippen LogP contribution < -0.4 is 5.73 Å². The van der Waals surface area contributed by atoms with E-state index in [-0.39, 0.29) is 5.91 Å². The van der Waals surface area contributed by atoms with Crippen LogP contribution in [0.4, 0.5) is 0 Å². The number of likely N-dealkylation sites (tertiary alicyclic amines) is 1. The fraction of sp³-hybridized carbons (Fsp3) is 0.833. The van der Waals surface area contributed by atoms with Crippen molar-refractivity contribution in [2.24, 2.45) is 11.7 Å². The highest BCUT2D eigenvalue weighted by Crippen LogP contribution is 2.19. The third kappa shape index (κ3) is 3.70. The molecule has 17 heavy (non-hydrogen) atoms. The maximum absolute atomic E-state index is 12.1. The van der Waals surface area contributed by atoms with Crippen LogP contribution in [0, 0.1) is 5.92 Å². The Bertz CT molecular complexity index is 291. The van der Waals surface area contributed by atoms with Gasteiger partial charge in [0.05, 0.1) is 6.04 Å². The van der Waals surface area contributed by atoms with Crippen LogP contribution >= 0.6 is 0 Å². The maximum Gasteiger partial charge on any atom is 0.326 e. The molecule has 1 rings (SSSR count). The average molecular weight is 242 g/mol. The van der Waals surface area contributed by atoms with Gasteiger partial charge in [-0.2, -0.15) is 0 Å². The maximum atomic E-state index is 12.1. The molecule has 3 N–H and O–H groups in total. The predicted octanol–water partition coefficient (Wildman–Crippen LogP) is 0.825. The lowest BCUT2D eigenvalue weighted by molar-refractivity contribution is -0.152. The molecule has 2 atom stereocenters. The van der Waals surface area contributed by atoms with Gasteiger partial charge < -0.3 is 15.7 Å². The number of nitrogens with two attached hydrogens (primary N) is 1. The van der Waals surface area contributed by atoms with Crippen molar-refractivity contribution in [2.75, 3.05) is 6.54 Å². The summed E-state index contributed by atoms with van der Waals surface area (Å²) in [5.74, 6) is -0.803. The highest BCUT2D eigenvalue weighted by Gasteiger charge is 2.34. The zero-order chi connectivity index (χ0) is 13.0. The van der Waals surface area contributed by atoms with Crippen molar-refractivity contribution in [3.8, 4) is 0 Å². The summed E-state index contributed by atoms with van der Waals surface area (Å²) in [5, 5.41) is 9.09. The van der Waals surface area contributed by atoms with Crippen LogP contribution in [0.3, 0.4) is 0 Å². The Labute approximate surface area is 102 Å². The molecular weight excluding hydrogens is 220 g/mol. The summed E-state index contributed by atoms with van der Waals surface area (Å²) in [4.78, 5) is 24.6. The molecule has 1 heterocycles. The second-order valence-corrected chi connectivity index (χ2v) is 5.12. The standard InChI is InChI=1S/C12H22N2O3/c1-8(2)7-9(13)11(15)14-6-4-3-5-10(14)12(16)17/h8-10H,3-7,13H2,1-2H3,(H,16,17)/t9-,10+/m0/s1. The van der Waals surface area contributed by atoms with Crippen LogP contribution in [0.25, 0.3) is 0 Å². The van der Waals surface area contributed by atoms with Gasteiger partial charge in [0.1, 0.15) is 6.04 Å². The van der Waals surface area contributed by atoms with Gasteiger partial charge >= 0.3 is 5.97 Å². The number of carbonyl (C=O) groups excluding carboxylic acids is 1. The third-order valence-corrected chi connectivity index (χ3v) is 3.11. The largest absolute Gasteiger partial charge is 0.480 e. The fourth-order valence-corrected chi connectivity index (χ4v) is 2.27. The summed E-state index contributed by atoms with van der Waals surface area (Å²) in [6.45, 7) is 4.51. The first kappa shape index (κ1) is 14.0. The van der Waals surface area contributed by atoms with Crippen molar-refractivity contribution >= 4 is 11.9 Å². The quantitative estimate of drug-likeness (QED) is 0.764. The highest BCUT2D eigenvalue weighted by molar-refractivity contribution is 5.87. The van der Waals surface area contributed by atoms with Gasteiger partial charge in [-0.05, 0) is 31.6 Å². The lowest BCUT2D eigenvalue weighted by Crippen LogP contribution is -2.53. The van der Waals surface area contributed by atoms with E-state index < -0.39 is 18.1 Å². The van der Waals surface area contributed by atoms with E-state index in [1.807, 2.05) is 13.8 Å². The molecule has 0 aromatic heterocycles. The first-order valence-electron chi connectivity index (χ1n) is 6.22. The second-order valence-electron chi connectivity index (χ2n) is 5.12. The Balaban J connectivity index is 2.67. The zero-order valence-corrected chi connectivity index (χ0v) is 10.6. The molecule has 1 aliphatic rings. The lowest BCUT2D eigenvalue weighted by Gasteiger charge is -2.34. The minimum atomic E-state index is -0.921. The molecular formula is C12H22N2O3. The molecule has 0 saturated carbocycles. The van der Waals surface area contributed by atoms with Crippen LogP contribution in [-0.4, -0.2) is 40.5 Å². The van der Waals surface area contributed by atoms with E-state index in [1.54, 1.807) is 0 Å². The summed E-state index contributed by atoms with van der Waals surface area (Å²) in [7, 11) is 0. The number of hydrogen-bond acceptors (Lipinski definition) is 3. The van der Waals surface area contributed by atoms with Gasteiger partial charge in [0, 0.05) is 6.54 Å². The molecule has 1 saturated heterocycles. The van der Waals surface area contributed by atoms with E-state index in [1.165, 1.54) is 4.90 Å². The monoisotopic (exact) mass is 242 g/mol. The average Bonchev–Trinajstić information content (AvgIpc) is 2.27. The van der Waals surface area contributed by atoms with Gasteiger partial charge in [-0.3, -0.25) is 4.79 Å². The Hall–Kier alpha value is -1.10. The number of carboxylic acid groups (broad SMARTS) is 1. The number of amides is 1. The van der Waals surface area contributed by atoms with Gasteiger partial charge in [-0.15, -0.1) is 0 Å². The molecule has 0 aromatic carbocycles. The molecule has 98 valence electrons. The summed E-state index contributed by atoms with van der Waals surface area (Å²) in [6, 6.07) is -1.26. The lowest BCUT2D eigenvalue weighted by atomic mass is 9.98. The number of nitrogens with zero attached hydrogens (tertiary/aromatic N) is 1. The summed E-state index contributed by atoms with van der Waals surface area (Å²) in [5.41, 5.74) is 5.83. The number of carboxylic acids is 1. The van der Waals surface area contributed by atoms with Crippen molar-refractivity contribution in [3.63, 3.8) is 0 Å². The van der Waals surface area contributed by atoms with E-state index in [9.17, 15) is 9.59 Å². The van der Waals surface area contributed by atoms with Crippen LogP contribution in [-0.2, 0) is 9.59 Å². The first-order valence-corrected chi connectivity index (χ1v) is 6.22. The summed E-state index contributed by atoms with van der Waals surface area (Å²) in [6.07, 6.45) is 2.86. The molecule has 0 radical (unpaired) electrons. The molecule has 1 amide bonds. The van der Waals surface area contributed by atoms with Gasteiger partial charge in [0.25, 0.3) is 0 Å². The van der Waals surface area contributed by atoms with Crippen molar-refractivity contribution in [1.29, 1.82) is 0 Å². The molecule has 0 aromatic rings. The molecule has 0 spiro atoms. The van der Waals surface area contributed by atoms with Gasteiger partial charge in [-0.25, -0.2) is 4.79 Å². The minimum absolute atomic E-state index is 0.217. The van der Waals surface area contributed by atoms with Crippen molar-refractivity contribution in [1.82, 2.24) is 4.90 Å². The predicted molar refractivity (Wildman–Crippen MR) is 64.4 cm³/mol. The Morgan fingerprint density at radius 1 is 1.41 bits per heavy atom. The summed E-state index contributed by atoms with van der Waals surface area (Å²) >= 11 is 0. The van der Waals surface area contributed by atoms with Crippen LogP contribution in [0.15, 0.2) is 0 Å². The van der Waals surface area contributed by atoms with Crippen molar-refractivity contribution in [2.45, 2.75) is 51.6 Å². The highest BCUT2D eigenvalue weighted by atomic mass is 16.4. The molecule has 5 nitrogen and oxygen atoms in total. The van der Waals surface area contributed by atoms with E-state index in [4.69, 9.17) is 10.8 Å². The molecule has 0 unspecified atom stereocenters. The number of rotatable bonds is 4. The fourth-order valence-electron chi connectivity index (χ4n) is 2.27. The molecule has 1 aliphatic heterocycles. The Morgan fingerprint density at radius 2 is 2.06 bits per heavy atom. The number of piperidine rings is 1. The van der Waals surface area contributed by atoms with E-state index >= 15 is 0 Å². The molecule has 0 aliphatic carbocycles. The topological polar surface area (TPSA) is 83.6 Å². The third-order valence-electron chi connectivity index (χ3n) is 3.11. The second kappa shape index (κ2) is 6.00. The smallest absolute Gasteiger partial charge is 0.326 e. The van der Waals surface area contributed by atoms with E-state index in [0.29, 0.717) is 25.3 Å². The van der Waals surface area contributed by atoms with E-state index in [0.717, 1.165) is 12.8 Å². The van der Waals surface area contributed by atoms with E-state index in [2.05, 4.69) is 0 Å². The zero-order valence-electron chi connectivity index (χ0n) is 10.6. The Kier molecular flexibility index (Phi) is 4.93. The van der Waals surface area contributed by atoms with Crippen molar-refractivity contribution < 1.29 is 14.7 Å².